The van der Waals surface area contributed by atoms with E-state index >= 15 is 0 Å². The van der Waals surface area contributed by atoms with Gasteiger partial charge >= 0.3 is 5.97 Å². The van der Waals surface area contributed by atoms with E-state index in [1.54, 1.807) is 0 Å². The topological polar surface area (TPSA) is 66.8 Å². The number of carbonyl (C=O) groups excluding carboxylic acids is 1. The summed E-state index contributed by atoms with van der Waals surface area (Å²) < 4.78 is 2.19. The summed E-state index contributed by atoms with van der Waals surface area (Å²) in [4.78, 5) is 10.5. The van der Waals surface area contributed by atoms with Crippen molar-refractivity contribution in [2.45, 2.75) is 4.27 Å². The number of carbonyl (C=O) groups is 1. The van der Waals surface area contributed by atoms with Crippen molar-refractivity contribution in [3.05, 3.63) is 0 Å². The van der Waals surface area contributed by atoms with Crippen molar-refractivity contribution in [3.8, 4) is 0 Å². The molecule has 0 aliphatic carbocycles. The number of ether oxygens (including phenoxy) is 1. The number of rotatable bonds is 3. The zero-order valence-electron chi connectivity index (χ0n) is 5.02. The molecule has 0 spiro atoms. The first-order valence-electron chi connectivity index (χ1n) is 2.43. The molecular weight excluding hydrogens is 176 g/mol. The summed E-state index contributed by atoms with van der Waals surface area (Å²) in [7, 11) is 0. The maximum absolute atomic E-state index is 10.5. The van der Waals surface area contributed by atoms with Gasteiger partial charge in [0.2, 0.25) is 0 Å². The van der Waals surface area contributed by atoms with E-state index in [4.69, 9.17) is 10.2 Å². The Labute approximate surface area is 69.0 Å². The molecule has 0 amide bonds. The van der Waals surface area contributed by atoms with E-state index in [9.17, 15) is 4.79 Å². The summed E-state index contributed by atoms with van der Waals surface area (Å²) in [6.07, 6.45) is 0. The fourth-order valence-corrected chi connectivity index (χ4v) is 0.364. The van der Waals surface area contributed by atoms with Crippen LogP contribution in [-0.2, 0) is 9.53 Å². The standard InChI is InChI=1S/C4H8O4S2/c5-1-2-8-3(6)4(7,9)10/h5,7,9-10H,1-2H2. The Morgan fingerprint density at radius 2 is 2.10 bits per heavy atom. The van der Waals surface area contributed by atoms with Gasteiger partial charge in [-0.2, -0.15) is 0 Å². The Balaban J connectivity index is 3.64. The average Bonchev–Trinajstić information content (AvgIpc) is 1.80. The first-order valence-corrected chi connectivity index (χ1v) is 3.33. The third kappa shape index (κ3) is 3.99. The molecule has 2 N–H and O–H groups in total. The fraction of sp³-hybridized carbons (Fsp3) is 0.750. The molecule has 0 unspecified atom stereocenters. The number of thiol groups is 2. The monoisotopic (exact) mass is 184 g/mol. The van der Waals surface area contributed by atoms with Crippen LogP contribution in [0.5, 0.6) is 0 Å². The van der Waals surface area contributed by atoms with Gasteiger partial charge in [-0.1, -0.05) is 0 Å². The third-order valence-electron chi connectivity index (χ3n) is 0.598. The summed E-state index contributed by atoms with van der Waals surface area (Å²) in [6, 6.07) is 0. The maximum atomic E-state index is 10.5. The minimum Gasteiger partial charge on any atom is -0.460 e. The van der Waals surface area contributed by atoms with Gasteiger partial charge in [-0.25, -0.2) is 4.79 Å². The van der Waals surface area contributed by atoms with Crippen LogP contribution in [-0.4, -0.2) is 33.7 Å². The van der Waals surface area contributed by atoms with E-state index in [1.807, 2.05) is 0 Å². The average molecular weight is 184 g/mol. The lowest BCUT2D eigenvalue weighted by Crippen LogP contribution is -2.28. The van der Waals surface area contributed by atoms with Crippen LogP contribution >= 0.6 is 25.3 Å². The second kappa shape index (κ2) is 4.07. The van der Waals surface area contributed by atoms with Crippen LogP contribution < -0.4 is 0 Å². The molecule has 0 bridgehead atoms. The molecule has 4 nitrogen and oxygen atoms in total. The van der Waals surface area contributed by atoms with E-state index in [0.717, 1.165) is 0 Å². The second-order valence-corrected chi connectivity index (χ2v) is 3.14. The molecule has 0 saturated carbocycles. The molecule has 60 valence electrons. The molecule has 0 aliphatic rings. The molecule has 0 radical (unpaired) electrons. The van der Waals surface area contributed by atoms with Crippen molar-refractivity contribution >= 4 is 31.2 Å². The molecule has 0 saturated heterocycles. The third-order valence-corrected chi connectivity index (χ3v) is 0.963. The zero-order valence-corrected chi connectivity index (χ0v) is 6.81. The van der Waals surface area contributed by atoms with Gasteiger partial charge in [0.15, 0.2) is 0 Å². The van der Waals surface area contributed by atoms with Crippen molar-refractivity contribution in [2.75, 3.05) is 13.2 Å². The first-order chi connectivity index (χ1) is 4.48. The van der Waals surface area contributed by atoms with Crippen LogP contribution in [0.15, 0.2) is 0 Å². The zero-order chi connectivity index (χ0) is 8.20. The molecule has 6 heteroatoms. The number of esters is 1. The van der Waals surface area contributed by atoms with Gasteiger partial charge in [-0.05, 0) is 0 Å². The van der Waals surface area contributed by atoms with Crippen molar-refractivity contribution in [3.63, 3.8) is 0 Å². The first kappa shape index (κ1) is 10.1. The van der Waals surface area contributed by atoms with Crippen LogP contribution in [0.4, 0.5) is 0 Å². The number of aliphatic hydroxyl groups is 2. The molecule has 0 aromatic heterocycles. The molecule has 0 aromatic rings. The predicted molar refractivity (Wildman–Crippen MR) is 41.0 cm³/mol. The lowest BCUT2D eigenvalue weighted by atomic mass is 10.7. The molecule has 0 aliphatic heterocycles. The molecule has 0 atom stereocenters. The number of hydrogen-bond acceptors (Lipinski definition) is 6. The molecule has 0 fully saturated rings. The van der Waals surface area contributed by atoms with Gasteiger partial charge in [0, 0.05) is 0 Å². The molecule has 0 heterocycles. The molecule has 0 rings (SSSR count). The van der Waals surface area contributed by atoms with Crippen molar-refractivity contribution in [1.82, 2.24) is 0 Å². The van der Waals surface area contributed by atoms with E-state index in [0.29, 0.717) is 0 Å². The normalized spacial score (nSPS) is 11.2. The summed E-state index contributed by atoms with van der Waals surface area (Å²) >= 11 is 6.77. The summed E-state index contributed by atoms with van der Waals surface area (Å²) in [5.41, 5.74) is 0. The van der Waals surface area contributed by atoms with E-state index < -0.39 is 10.2 Å². The number of hydrogen-bond donors (Lipinski definition) is 4. The summed E-state index contributed by atoms with van der Waals surface area (Å²) in [5, 5.41) is 16.9. The molecule has 10 heavy (non-hydrogen) atoms. The van der Waals surface area contributed by atoms with Crippen molar-refractivity contribution in [2.24, 2.45) is 0 Å². The Morgan fingerprint density at radius 3 is 2.40 bits per heavy atom. The van der Waals surface area contributed by atoms with E-state index in [2.05, 4.69) is 30.0 Å². The van der Waals surface area contributed by atoms with Crippen molar-refractivity contribution in [1.29, 1.82) is 0 Å². The largest absolute Gasteiger partial charge is 0.460 e. The highest BCUT2D eigenvalue weighted by Gasteiger charge is 2.28. The Hall–Kier alpha value is 0.0900. The minimum atomic E-state index is -2.07. The second-order valence-electron chi connectivity index (χ2n) is 1.49. The van der Waals surface area contributed by atoms with Gasteiger partial charge in [0.25, 0.3) is 4.27 Å². The van der Waals surface area contributed by atoms with E-state index in [1.165, 1.54) is 0 Å². The summed E-state index contributed by atoms with van der Waals surface area (Å²) in [6.45, 7) is -0.453. The highest BCUT2D eigenvalue weighted by molar-refractivity contribution is 8.01. The van der Waals surface area contributed by atoms with Gasteiger partial charge in [-0.3, -0.25) is 0 Å². The van der Waals surface area contributed by atoms with Crippen LogP contribution in [0.25, 0.3) is 0 Å². The Bertz CT molecular complexity index is 119. The molecule has 0 aromatic carbocycles. The van der Waals surface area contributed by atoms with Gasteiger partial charge in [0.1, 0.15) is 6.61 Å². The van der Waals surface area contributed by atoms with Gasteiger partial charge in [-0.15, -0.1) is 25.3 Å². The minimum absolute atomic E-state index is 0.164. The fourth-order valence-electron chi connectivity index (χ4n) is 0.235. The van der Waals surface area contributed by atoms with Crippen LogP contribution in [0, 0.1) is 0 Å². The smallest absolute Gasteiger partial charge is 0.359 e. The van der Waals surface area contributed by atoms with Gasteiger partial charge < -0.3 is 14.9 Å². The van der Waals surface area contributed by atoms with Crippen molar-refractivity contribution < 1.29 is 19.7 Å². The quantitative estimate of drug-likeness (QED) is 0.259. The predicted octanol–water partition coefficient (Wildman–Crippen LogP) is -0.972. The Kier molecular flexibility index (Phi) is 4.11. The lowest BCUT2D eigenvalue weighted by molar-refractivity contribution is -0.151. The summed E-state index contributed by atoms with van der Waals surface area (Å²) in [5.74, 6) is -0.992. The molecular formula is C4H8O4S2. The highest BCUT2D eigenvalue weighted by Crippen LogP contribution is 2.16. The van der Waals surface area contributed by atoms with E-state index in [-0.39, 0.29) is 13.2 Å². The van der Waals surface area contributed by atoms with Crippen LogP contribution in [0.3, 0.4) is 0 Å². The van der Waals surface area contributed by atoms with Gasteiger partial charge in [0.05, 0.1) is 6.61 Å². The van der Waals surface area contributed by atoms with Crippen LogP contribution in [0.2, 0.25) is 0 Å². The number of aliphatic hydroxyl groups excluding tert-OH is 1. The Morgan fingerprint density at radius 1 is 1.60 bits per heavy atom. The SMILES string of the molecule is O=C(OCCO)C(O)(S)S. The highest BCUT2D eigenvalue weighted by atomic mass is 32.2. The maximum Gasteiger partial charge on any atom is 0.359 e. The lowest BCUT2D eigenvalue weighted by Gasteiger charge is -2.12. The van der Waals surface area contributed by atoms with Crippen LogP contribution in [0.1, 0.15) is 0 Å².